The van der Waals surface area contributed by atoms with Gasteiger partial charge >= 0.3 is 6.36 Å². The molecule has 0 heterocycles. The topological polar surface area (TPSA) is 67.8 Å². The minimum absolute atomic E-state index is 0.0177. The van der Waals surface area contributed by atoms with Crippen molar-refractivity contribution in [1.29, 1.82) is 0 Å². The van der Waals surface area contributed by atoms with Crippen molar-refractivity contribution in [3.8, 4) is 5.75 Å². The van der Waals surface area contributed by atoms with Crippen LogP contribution < -0.4 is 10.1 Å². The first-order valence-electron chi connectivity index (χ1n) is 8.31. The molecule has 150 valence electrons. The van der Waals surface area contributed by atoms with E-state index in [0.29, 0.717) is 11.3 Å². The van der Waals surface area contributed by atoms with Crippen LogP contribution in [0.3, 0.4) is 0 Å². The van der Waals surface area contributed by atoms with E-state index in [9.17, 15) is 21.6 Å². The fourth-order valence-corrected chi connectivity index (χ4v) is 3.38. The van der Waals surface area contributed by atoms with Gasteiger partial charge in [-0.2, -0.15) is 8.42 Å². The van der Waals surface area contributed by atoms with Crippen LogP contribution >= 0.6 is 0 Å². The van der Waals surface area contributed by atoms with Crippen molar-refractivity contribution in [2.45, 2.75) is 11.3 Å². The number of hydrogen-bond acceptors (Lipinski definition) is 3. The third-order valence-corrected chi connectivity index (χ3v) is 4.94. The Morgan fingerprint density at radius 3 is 1.93 bits per heavy atom. The summed E-state index contributed by atoms with van der Waals surface area (Å²) < 4.78 is 69.9. The van der Waals surface area contributed by atoms with Gasteiger partial charge in [-0.15, -0.1) is 17.6 Å². The number of benzene rings is 3. The molecular weight excluding hydrogens is 405 g/mol. The lowest BCUT2D eigenvalue weighted by Gasteiger charge is -2.12. The molecule has 0 radical (unpaired) electrons. The van der Waals surface area contributed by atoms with Gasteiger partial charge in [0.15, 0.2) is 5.84 Å². The number of ether oxygens (including phenoxy) is 1. The maximum absolute atomic E-state index is 12.6. The van der Waals surface area contributed by atoms with Gasteiger partial charge in [-0.3, -0.25) is 0 Å². The molecule has 0 unspecified atom stereocenters. The average Bonchev–Trinajstić information content (AvgIpc) is 2.69. The zero-order valence-electron chi connectivity index (χ0n) is 14.8. The van der Waals surface area contributed by atoms with E-state index >= 15 is 0 Å². The van der Waals surface area contributed by atoms with E-state index in [1.165, 1.54) is 24.3 Å². The molecule has 0 atom stereocenters. The third-order valence-electron chi connectivity index (χ3n) is 3.65. The fourth-order valence-electron chi connectivity index (χ4n) is 2.39. The number of halogens is 3. The Kier molecular flexibility index (Phi) is 5.88. The molecule has 3 rings (SSSR count). The summed E-state index contributed by atoms with van der Waals surface area (Å²) >= 11 is 0. The largest absolute Gasteiger partial charge is 0.573 e. The summed E-state index contributed by atoms with van der Waals surface area (Å²) in [6.07, 6.45) is -4.80. The van der Waals surface area contributed by atoms with Crippen LogP contribution in [0.1, 0.15) is 5.56 Å². The van der Waals surface area contributed by atoms with Crippen LogP contribution in [0.25, 0.3) is 0 Å². The van der Waals surface area contributed by atoms with Crippen molar-refractivity contribution in [1.82, 2.24) is 0 Å². The first kappa shape index (κ1) is 20.4. The first-order valence-corrected chi connectivity index (χ1v) is 9.75. The van der Waals surface area contributed by atoms with Crippen LogP contribution in [0.15, 0.2) is 94.2 Å². The minimum Gasteiger partial charge on any atom is -0.406 e. The van der Waals surface area contributed by atoms with Gasteiger partial charge in [-0.1, -0.05) is 48.5 Å². The average molecular weight is 420 g/mol. The summed E-state index contributed by atoms with van der Waals surface area (Å²) in [5, 5.41) is 2.85. The highest BCUT2D eigenvalue weighted by atomic mass is 32.2. The number of hydrogen-bond donors (Lipinski definition) is 1. The number of anilines is 1. The summed E-state index contributed by atoms with van der Waals surface area (Å²) in [6.45, 7) is 0. The second-order valence-electron chi connectivity index (χ2n) is 5.79. The highest BCUT2D eigenvalue weighted by molar-refractivity contribution is 7.90. The number of sulfonamides is 1. The predicted molar refractivity (Wildman–Crippen MR) is 103 cm³/mol. The lowest BCUT2D eigenvalue weighted by Crippen LogP contribution is -2.18. The maximum atomic E-state index is 12.6. The molecule has 3 aromatic rings. The van der Waals surface area contributed by atoms with E-state index < -0.39 is 22.1 Å². The molecule has 5 nitrogen and oxygen atoms in total. The Hall–Kier alpha value is -3.33. The first-order chi connectivity index (χ1) is 13.7. The van der Waals surface area contributed by atoms with E-state index in [1.807, 2.05) is 0 Å². The second-order valence-corrected chi connectivity index (χ2v) is 7.40. The van der Waals surface area contributed by atoms with E-state index in [1.54, 1.807) is 48.5 Å². The Morgan fingerprint density at radius 2 is 1.38 bits per heavy atom. The molecule has 0 spiro atoms. The Balaban J connectivity index is 1.93. The van der Waals surface area contributed by atoms with Crippen LogP contribution in [-0.4, -0.2) is 20.6 Å². The van der Waals surface area contributed by atoms with Gasteiger partial charge in [0.05, 0.1) is 4.90 Å². The summed E-state index contributed by atoms with van der Waals surface area (Å²) in [7, 11) is -4.01. The lowest BCUT2D eigenvalue weighted by molar-refractivity contribution is -0.274. The highest BCUT2D eigenvalue weighted by Crippen LogP contribution is 2.24. The van der Waals surface area contributed by atoms with Crippen molar-refractivity contribution in [2.24, 2.45) is 4.40 Å². The van der Waals surface area contributed by atoms with Crippen molar-refractivity contribution >= 4 is 21.5 Å². The molecule has 0 bridgehead atoms. The maximum Gasteiger partial charge on any atom is 0.573 e. The van der Waals surface area contributed by atoms with Crippen LogP contribution in [0.2, 0.25) is 0 Å². The molecule has 0 saturated carbocycles. The quantitative estimate of drug-likeness (QED) is 0.474. The zero-order valence-corrected chi connectivity index (χ0v) is 15.6. The highest BCUT2D eigenvalue weighted by Gasteiger charge is 2.31. The predicted octanol–water partition coefficient (Wildman–Crippen LogP) is 4.83. The molecule has 0 aliphatic carbocycles. The summed E-state index contributed by atoms with van der Waals surface area (Å²) in [4.78, 5) is 0.0177. The molecule has 0 aromatic heterocycles. The lowest BCUT2D eigenvalue weighted by atomic mass is 10.2. The van der Waals surface area contributed by atoms with Crippen LogP contribution in [0.5, 0.6) is 5.75 Å². The van der Waals surface area contributed by atoms with E-state index in [4.69, 9.17) is 0 Å². The summed E-state index contributed by atoms with van der Waals surface area (Å²) in [5.41, 5.74) is 0.827. The number of nitrogens with zero attached hydrogens (tertiary/aromatic N) is 1. The van der Waals surface area contributed by atoms with E-state index in [2.05, 4.69) is 14.5 Å². The van der Waals surface area contributed by atoms with Gasteiger partial charge in [-0.25, -0.2) is 0 Å². The Labute approximate surface area is 165 Å². The number of amidine groups is 1. The molecule has 1 N–H and O–H groups in total. The fraction of sp³-hybridized carbons (Fsp3) is 0.0500. The standard InChI is InChI=1S/C20H15F3N2O3S/c21-20(22,23)28-17-13-11-16(12-14-17)24-19(15-7-3-1-4-8-15)25-29(26,27)18-9-5-2-6-10-18/h1-14H,(H,24,25). The normalized spacial score (nSPS) is 12.4. The Bertz CT molecular complexity index is 1080. The van der Waals surface area contributed by atoms with E-state index in [0.717, 1.165) is 12.1 Å². The van der Waals surface area contributed by atoms with Crippen molar-refractivity contribution < 1.29 is 26.3 Å². The molecule has 29 heavy (non-hydrogen) atoms. The molecule has 0 aliphatic heterocycles. The SMILES string of the molecule is O=S(=O)(/N=C(\Nc1ccc(OC(F)(F)F)cc1)c1ccccc1)c1ccccc1. The van der Waals surface area contributed by atoms with Crippen molar-refractivity contribution in [2.75, 3.05) is 5.32 Å². The second kappa shape index (κ2) is 8.36. The molecule has 0 fully saturated rings. The monoisotopic (exact) mass is 420 g/mol. The number of nitrogens with one attached hydrogen (secondary N) is 1. The van der Waals surface area contributed by atoms with Gasteiger partial charge in [-0.05, 0) is 36.4 Å². The van der Waals surface area contributed by atoms with Crippen LogP contribution in [0, 0.1) is 0 Å². The van der Waals surface area contributed by atoms with Crippen LogP contribution in [-0.2, 0) is 10.0 Å². The van der Waals surface area contributed by atoms with Gasteiger partial charge in [0, 0.05) is 11.3 Å². The molecule has 9 heteroatoms. The van der Waals surface area contributed by atoms with Crippen molar-refractivity contribution in [3.63, 3.8) is 0 Å². The van der Waals surface area contributed by atoms with E-state index in [-0.39, 0.29) is 10.7 Å². The van der Waals surface area contributed by atoms with Gasteiger partial charge < -0.3 is 10.1 Å². The summed E-state index contributed by atoms with van der Waals surface area (Å²) in [6, 6.07) is 21.1. The number of rotatable bonds is 5. The zero-order chi connectivity index (χ0) is 20.9. The van der Waals surface area contributed by atoms with Gasteiger partial charge in [0.1, 0.15) is 5.75 Å². The smallest absolute Gasteiger partial charge is 0.406 e. The van der Waals surface area contributed by atoms with Crippen LogP contribution in [0.4, 0.5) is 18.9 Å². The molecule has 0 saturated heterocycles. The molecule has 3 aromatic carbocycles. The van der Waals surface area contributed by atoms with Gasteiger partial charge in [0.2, 0.25) is 0 Å². The molecule has 0 amide bonds. The molecular formula is C20H15F3N2O3S. The van der Waals surface area contributed by atoms with Crippen molar-refractivity contribution in [3.05, 3.63) is 90.5 Å². The Morgan fingerprint density at radius 1 is 0.828 bits per heavy atom. The van der Waals surface area contributed by atoms with Gasteiger partial charge in [0.25, 0.3) is 10.0 Å². The molecule has 0 aliphatic rings. The minimum atomic E-state index is -4.80. The number of alkyl halides is 3. The summed E-state index contributed by atoms with van der Waals surface area (Å²) in [5.74, 6) is -0.364. The third kappa shape index (κ3) is 5.82.